The smallest absolute Gasteiger partial charge is 0.244 e. The number of Topliss-reactive ketones (excluding diaryl/α,β-unsaturated/α-hetero) is 1. The Hall–Kier alpha value is -2.71. The molecule has 3 rings (SSSR count). The van der Waals surface area contributed by atoms with Gasteiger partial charge in [0, 0.05) is 29.3 Å². The Morgan fingerprint density at radius 1 is 1.21 bits per heavy atom. The van der Waals surface area contributed by atoms with Crippen LogP contribution in [0.25, 0.3) is 0 Å². The molecule has 1 N–H and O–H groups in total. The van der Waals surface area contributed by atoms with Gasteiger partial charge in [0.05, 0.1) is 18.4 Å². The van der Waals surface area contributed by atoms with Crippen LogP contribution in [0.4, 0.5) is 10.1 Å². The highest BCUT2D eigenvalue weighted by Crippen LogP contribution is 2.24. The lowest BCUT2D eigenvalue weighted by molar-refractivity contribution is -0.133. The zero-order valence-corrected chi connectivity index (χ0v) is 20.0. The lowest BCUT2D eigenvalue weighted by atomic mass is 10.1. The molecule has 0 aliphatic carbocycles. The van der Waals surface area contributed by atoms with Gasteiger partial charge in [-0.25, -0.2) is 4.39 Å². The van der Waals surface area contributed by atoms with E-state index in [-0.39, 0.29) is 46.5 Å². The van der Waals surface area contributed by atoms with Crippen molar-refractivity contribution in [2.24, 2.45) is 0 Å². The number of carbonyl (C=O) groups is 3. The molecule has 2 aromatic rings. The summed E-state index contributed by atoms with van der Waals surface area (Å²) < 4.78 is 20.0. The number of hydrogen-bond donors (Lipinski definition) is 1. The van der Waals surface area contributed by atoms with Gasteiger partial charge in [-0.05, 0) is 62.9 Å². The van der Waals surface area contributed by atoms with Gasteiger partial charge in [0.2, 0.25) is 11.8 Å². The Labute approximate surface area is 197 Å². The van der Waals surface area contributed by atoms with Crippen LogP contribution in [0, 0.1) is 19.7 Å². The van der Waals surface area contributed by atoms with Crippen LogP contribution < -0.4 is 5.32 Å². The number of aryl methyl sites for hydroxylation is 1. The number of rotatable bonds is 9. The zero-order chi connectivity index (χ0) is 24.0. The summed E-state index contributed by atoms with van der Waals surface area (Å²) in [6, 6.07) is 9.89. The topological polar surface area (TPSA) is 75.7 Å². The molecule has 2 amide bonds. The number of ether oxygens (including phenoxy) is 1. The Morgan fingerprint density at radius 2 is 2.00 bits per heavy atom. The first-order valence-electron chi connectivity index (χ1n) is 10.9. The SMILES string of the molecule is CC(=O)c1ccc(SCC(=O)N(CC(=O)Nc2cccc(C)c2C)CC2CCCO2)c(F)c1. The minimum Gasteiger partial charge on any atom is -0.376 e. The molecule has 1 atom stereocenters. The molecule has 1 aliphatic heterocycles. The highest BCUT2D eigenvalue weighted by atomic mass is 32.2. The van der Waals surface area contributed by atoms with Crippen molar-refractivity contribution in [2.45, 2.75) is 44.6 Å². The fourth-order valence-corrected chi connectivity index (χ4v) is 4.43. The molecule has 2 aromatic carbocycles. The minimum absolute atomic E-state index is 0.0280. The molecule has 0 aromatic heterocycles. The predicted octanol–water partition coefficient (Wildman–Crippen LogP) is 4.38. The van der Waals surface area contributed by atoms with E-state index in [9.17, 15) is 18.8 Å². The molecule has 1 aliphatic rings. The first-order valence-corrected chi connectivity index (χ1v) is 11.9. The molecule has 1 heterocycles. The second-order valence-electron chi connectivity index (χ2n) is 8.19. The molecule has 1 unspecified atom stereocenters. The van der Waals surface area contributed by atoms with Gasteiger partial charge in [-0.1, -0.05) is 18.2 Å². The third kappa shape index (κ3) is 6.88. The summed E-state index contributed by atoms with van der Waals surface area (Å²) in [7, 11) is 0. The molecule has 1 saturated heterocycles. The number of benzene rings is 2. The number of nitrogens with zero attached hydrogens (tertiary/aromatic N) is 1. The molecule has 6 nitrogen and oxygen atoms in total. The molecule has 8 heteroatoms. The van der Waals surface area contributed by atoms with Crippen molar-refractivity contribution in [2.75, 3.05) is 30.8 Å². The second kappa shape index (κ2) is 11.4. The minimum atomic E-state index is -0.543. The van der Waals surface area contributed by atoms with Crippen molar-refractivity contribution in [3.63, 3.8) is 0 Å². The molecule has 33 heavy (non-hydrogen) atoms. The quantitative estimate of drug-likeness (QED) is 0.433. The number of ketones is 1. The van der Waals surface area contributed by atoms with Crippen LogP contribution in [0.2, 0.25) is 0 Å². The zero-order valence-electron chi connectivity index (χ0n) is 19.2. The van der Waals surface area contributed by atoms with E-state index in [1.807, 2.05) is 32.0 Å². The Bertz CT molecular complexity index is 1040. The molecule has 0 bridgehead atoms. The average molecular weight is 473 g/mol. The summed E-state index contributed by atoms with van der Waals surface area (Å²) in [6.45, 7) is 6.12. The van der Waals surface area contributed by atoms with Crippen LogP contribution in [-0.2, 0) is 14.3 Å². The molecule has 0 spiro atoms. The van der Waals surface area contributed by atoms with Crippen LogP contribution in [0.15, 0.2) is 41.3 Å². The molecular weight excluding hydrogens is 443 g/mol. The van der Waals surface area contributed by atoms with Gasteiger partial charge < -0.3 is 15.0 Å². The number of hydrogen-bond acceptors (Lipinski definition) is 5. The lowest BCUT2D eigenvalue weighted by Gasteiger charge is -2.25. The summed E-state index contributed by atoms with van der Waals surface area (Å²) >= 11 is 1.05. The van der Waals surface area contributed by atoms with Crippen molar-refractivity contribution in [1.29, 1.82) is 0 Å². The number of halogens is 1. The Kier molecular flexibility index (Phi) is 8.63. The maximum Gasteiger partial charge on any atom is 0.244 e. The van der Waals surface area contributed by atoms with Gasteiger partial charge in [0.1, 0.15) is 5.82 Å². The van der Waals surface area contributed by atoms with Gasteiger partial charge in [-0.3, -0.25) is 14.4 Å². The highest BCUT2D eigenvalue weighted by molar-refractivity contribution is 8.00. The van der Waals surface area contributed by atoms with E-state index >= 15 is 0 Å². The first kappa shape index (κ1) is 24.9. The number of thioether (sulfide) groups is 1. The maximum absolute atomic E-state index is 14.3. The van der Waals surface area contributed by atoms with Crippen molar-refractivity contribution in [1.82, 2.24) is 4.90 Å². The summed E-state index contributed by atoms with van der Waals surface area (Å²) in [5, 5.41) is 2.89. The standard InChI is InChI=1S/C25H29FN2O4S/c1-16-6-4-8-22(17(16)2)27-24(30)14-28(13-20-7-5-11-32-20)25(31)15-33-23-10-9-19(18(3)29)12-21(23)26/h4,6,8-10,12,20H,5,7,11,13-15H2,1-3H3,(H,27,30). The average Bonchev–Trinajstić information content (AvgIpc) is 3.28. The molecule has 0 saturated carbocycles. The number of amides is 2. The summed E-state index contributed by atoms with van der Waals surface area (Å²) in [5.74, 6) is -1.36. The molecular formula is C25H29FN2O4S. The van der Waals surface area contributed by atoms with Crippen LogP contribution >= 0.6 is 11.8 Å². The normalized spacial score (nSPS) is 15.3. The first-order chi connectivity index (χ1) is 15.7. The second-order valence-corrected chi connectivity index (χ2v) is 9.21. The van der Waals surface area contributed by atoms with Gasteiger partial charge in [-0.2, -0.15) is 0 Å². The van der Waals surface area contributed by atoms with Gasteiger partial charge in [0.15, 0.2) is 5.78 Å². The third-order valence-corrected chi connectivity index (χ3v) is 6.74. The fraction of sp³-hybridized carbons (Fsp3) is 0.400. The number of anilines is 1. The molecule has 0 radical (unpaired) electrons. The largest absolute Gasteiger partial charge is 0.376 e. The van der Waals surface area contributed by atoms with Gasteiger partial charge in [0.25, 0.3) is 0 Å². The summed E-state index contributed by atoms with van der Waals surface area (Å²) in [6.07, 6.45) is 1.64. The fourth-order valence-electron chi connectivity index (χ4n) is 3.61. The lowest BCUT2D eigenvalue weighted by Crippen LogP contribution is -2.43. The van der Waals surface area contributed by atoms with Crippen molar-refractivity contribution in [3.05, 3.63) is 58.9 Å². The number of carbonyl (C=O) groups excluding carboxylic acids is 3. The van der Waals surface area contributed by atoms with Gasteiger partial charge >= 0.3 is 0 Å². The van der Waals surface area contributed by atoms with Gasteiger partial charge in [-0.15, -0.1) is 11.8 Å². The Morgan fingerprint density at radius 3 is 2.67 bits per heavy atom. The van der Waals surface area contributed by atoms with Crippen LogP contribution in [0.1, 0.15) is 41.3 Å². The highest BCUT2D eigenvalue weighted by Gasteiger charge is 2.25. The maximum atomic E-state index is 14.3. The van der Waals surface area contributed by atoms with Crippen molar-refractivity contribution >= 4 is 35.0 Å². The Balaban J connectivity index is 1.66. The molecule has 1 fully saturated rings. The van der Waals surface area contributed by atoms with E-state index in [1.165, 1.54) is 24.0 Å². The van der Waals surface area contributed by atoms with E-state index in [0.29, 0.717) is 18.8 Å². The summed E-state index contributed by atoms with van der Waals surface area (Å²) in [5.41, 5.74) is 3.04. The number of nitrogens with one attached hydrogen (secondary N) is 1. The van der Waals surface area contributed by atoms with E-state index in [4.69, 9.17) is 4.74 Å². The monoisotopic (exact) mass is 472 g/mol. The summed E-state index contributed by atoms with van der Waals surface area (Å²) in [4.78, 5) is 38.9. The molecule has 176 valence electrons. The van der Waals surface area contributed by atoms with E-state index < -0.39 is 5.82 Å². The third-order valence-electron chi connectivity index (χ3n) is 5.70. The predicted molar refractivity (Wildman–Crippen MR) is 127 cm³/mol. The van der Waals surface area contributed by atoms with Crippen molar-refractivity contribution < 1.29 is 23.5 Å². The van der Waals surface area contributed by atoms with E-state index in [2.05, 4.69) is 5.32 Å². The van der Waals surface area contributed by atoms with Crippen LogP contribution in [0.3, 0.4) is 0 Å². The van der Waals surface area contributed by atoms with E-state index in [1.54, 1.807) is 6.07 Å². The van der Waals surface area contributed by atoms with Crippen molar-refractivity contribution in [3.8, 4) is 0 Å². The van der Waals surface area contributed by atoms with Crippen LogP contribution in [-0.4, -0.2) is 54.1 Å². The van der Waals surface area contributed by atoms with E-state index in [0.717, 1.165) is 35.7 Å². The van der Waals surface area contributed by atoms with Crippen LogP contribution in [0.5, 0.6) is 0 Å².